The van der Waals surface area contributed by atoms with E-state index in [0.29, 0.717) is 11.8 Å². The van der Waals surface area contributed by atoms with Crippen molar-refractivity contribution in [2.75, 3.05) is 0 Å². The summed E-state index contributed by atoms with van der Waals surface area (Å²) in [7, 11) is 0. The smallest absolute Gasteiger partial charge is 0.115 e. The topological polar surface area (TPSA) is 32.3 Å². The first-order valence-corrected chi connectivity index (χ1v) is 7.74. The Morgan fingerprint density at radius 3 is 2.63 bits per heavy atom. The van der Waals surface area contributed by atoms with E-state index in [-0.39, 0.29) is 0 Å². The van der Waals surface area contributed by atoms with Gasteiger partial charge in [-0.2, -0.15) is 0 Å². The Bertz CT molecular complexity index is 414. The van der Waals surface area contributed by atoms with Gasteiger partial charge in [0, 0.05) is 12.1 Å². The molecule has 0 heterocycles. The molecule has 3 rings (SSSR count). The predicted octanol–water partition coefficient (Wildman–Crippen LogP) is 3.49. The molecule has 0 aromatic heterocycles. The molecule has 4 unspecified atom stereocenters. The van der Waals surface area contributed by atoms with Gasteiger partial charge in [0.1, 0.15) is 5.75 Å². The highest BCUT2D eigenvalue weighted by Crippen LogP contribution is 2.44. The van der Waals surface area contributed by atoms with Crippen molar-refractivity contribution in [3.8, 4) is 5.75 Å². The number of fused-ring (bicyclic) bond motifs is 2. The van der Waals surface area contributed by atoms with Crippen molar-refractivity contribution in [3.05, 3.63) is 29.8 Å². The fourth-order valence-electron chi connectivity index (χ4n) is 3.94. The summed E-state index contributed by atoms with van der Waals surface area (Å²) < 4.78 is 0. The molecule has 0 radical (unpaired) electrons. The molecule has 2 fully saturated rings. The lowest BCUT2D eigenvalue weighted by Gasteiger charge is -2.26. The van der Waals surface area contributed by atoms with Crippen LogP contribution in [0.15, 0.2) is 24.3 Å². The number of rotatable bonds is 5. The van der Waals surface area contributed by atoms with Crippen LogP contribution in [0.4, 0.5) is 0 Å². The van der Waals surface area contributed by atoms with Gasteiger partial charge in [-0.3, -0.25) is 0 Å². The quantitative estimate of drug-likeness (QED) is 0.848. The van der Waals surface area contributed by atoms with Gasteiger partial charge in [-0.15, -0.1) is 0 Å². The number of nitrogens with one attached hydrogen (secondary N) is 1. The zero-order chi connectivity index (χ0) is 13.2. The fourth-order valence-corrected chi connectivity index (χ4v) is 3.94. The third-order valence-corrected chi connectivity index (χ3v) is 5.04. The molecule has 2 aliphatic rings. The Labute approximate surface area is 116 Å². The number of hydrogen-bond acceptors (Lipinski definition) is 2. The minimum atomic E-state index is 0.358. The second-order valence-corrected chi connectivity index (χ2v) is 6.55. The molecule has 2 N–H and O–H groups in total. The third kappa shape index (κ3) is 3.11. The Hall–Kier alpha value is -1.02. The van der Waals surface area contributed by atoms with E-state index in [4.69, 9.17) is 0 Å². The Morgan fingerprint density at radius 2 is 2.00 bits per heavy atom. The molecule has 19 heavy (non-hydrogen) atoms. The summed E-state index contributed by atoms with van der Waals surface area (Å²) in [6.45, 7) is 2.31. The number of phenols is 1. The maximum absolute atomic E-state index is 9.27. The van der Waals surface area contributed by atoms with Gasteiger partial charge in [-0.1, -0.05) is 18.6 Å². The van der Waals surface area contributed by atoms with E-state index in [1.807, 2.05) is 12.1 Å². The SMILES string of the molecule is CC(CCc1ccc(O)cc1)NC1CC2CCC1C2. The molecule has 1 aromatic rings. The highest BCUT2D eigenvalue weighted by atomic mass is 16.3. The van der Waals surface area contributed by atoms with Crippen LogP contribution in [0.1, 0.15) is 44.6 Å². The van der Waals surface area contributed by atoms with Gasteiger partial charge in [-0.25, -0.2) is 0 Å². The summed E-state index contributed by atoms with van der Waals surface area (Å²) in [5.74, 6) is 2.34. The van der Waals surface area contributed by atoms with Crippen molar-refractivity contribution in [3.63, 3.8) is 0 Å². The van der Waals surface area contributed by atoms with Crippen LogP contribution in [0, 0.1) is 11.8 Å². The van der Waals surface area contributed by atoms with E-state index in [9.17, 15) is 5.11 Å². The summed E-state index contributed by atoms with van der Waals surface area (Å²) in [5, 5.41) is 13.1. The number of hydrogen-bond donors (Lipinski definition) is 2. The summed E-state index contributed by atoms with van der Waals surface area (Å²) in [5.41, 5.74) is 1.32. The Balaban J connectivity index is 1.44. The first-order valence-electron chi connectivity index (χ1n) is 7.74. The molecule has 104 valence electrons. The molecular weight excluding hydrogens is 234 g/mol. The van der Waals surface area contributed by atoms with Gasteiger partial charge in [0.2, 0.25) is 0 Å². The van der Waals surface area contributed by atoms with E-state index in [0.717, 1.165) is 24.3 Å². The summed E-state index contributed by atoms with van der Waals surface area (Å²) >= 11 is 0. The number of aryl methyl sites for hydroxylation is 1. The van der Waals surface area contributed by atoms with E-state index >= 15 is 0 Å². The Kier molecular flexibility index (Phi) is 3.79. The van der Waals surface area contributed by atoms with Gasteiger partial charge in [0.15, 0.2) is 0 Å². The number of aromatic hydroxyl groups is 1. The normalized spacial score (nSPS) is 30.7. The zero-order valence-electron chi connectivity index (χ0n) is 11.8. The summed E-state index contributed by atoms with van der Waals surface area (Å²) in [6, 6.07) is 9.00. The molecule has 2 aliphatic carbocycles. The lowest BCUT2D eigenvalue weighted by Crippen LogP contribution is -2.40. The van der Waals surface area contributed by atoms with Gasteiger partial charge in [-0.05, 0) is 68.6 Å². The molecule has 2 bridgehead atoms. The highest BCUT2D eigenvalue weighted by molar-refractivity contribution is 5.25. The van der Waals surface area contributed by atoms with Crippen molar-refractivity contribution in [2.24, 2.45) is 11.8 Å². The molecule has 0 spiro atoms. The maximum Gasteiger partial charge on any atom is 0.115 e. The lowest BCUT2D eigenvalue weighted by atomic mass is 9.94. The highest BCUT2D eigenvalue weighted by Gasteiger charge is 2.39. The van der Waals surface area contributed by atoms with Crippen LogP contribution in [0.2, 0.25) is 0 Å². The molecule has 0 amide bonds. The van der Waals surface area contributed by atoms with Gasteiger partial charge >= 0.3 is 0 Å². The van der Waals surface area contributed by atoms with Crippen molar-refractivity contribution in [1.29, 1.82) is 0 Å². The van der Waals surface area contributed by atoms with Crippen LogP contribution in [0.3, 0.4) is 0 Å². The van der Waals surface area contributed by atoms with Gasteiger partial charge in [0.05, 0.1) is 0 Å². The van der Waals surface area contributed by atoms with E-state index in [1.54, 1.807) is 12.1 Å². The molecule has 0 aliphatic heterocycles. The summed E-state index contributed by atoms with van der Waals surface area (Å²) in [6.07, 6.45) is 8.09. The molecule has 1 aromatic carbocycles. The van der Waals surface area contributed by atoms with E-state index in [1.165, 1.54) is 37.7 Å². The third-order valence-electron chi connectivity index (χ3n) is 5.04. The second-order valence-electron chi connectivity index (χ2n) is 6.55. The van der Waals surface area contributed by atoms with Crippen molar-refractivity contribution in [2.45, 2.75) is 57.5 Å². The molecule has 0 saturated heterocycles. The number of benzene rings is 1. The van der Waals surface area contributed by atoms with Crippen LogP contribution in [-0.4, -0.2) is 17.2 Å². The first-order chi connectivity index (χ1) is 9.20. The van der Waals surface area contributed by atoms with Gasteiger partial charge in [0.25, 0.3) is 0 Å². The minimum Gasteiger partial charge on any atom is -0.508 e. The molecule has 2 saturated carbocycles. The predicted molar refractivity (Wildman–Crippen MR) is 78.3 cm³/mol. The first kappa shape index (κ1) is 13.0. The maximum atomic E-state index is 9.27. The second kappa shape index (κ2) is 5.54. The molecule has 2 heteroatoms. The van der Waals surface area contributed by atoms with Gasteiger partial charge < -0.3 is 10.4 Å². The van der Waals surface area contributed by atoms with Crippen LogP contribution < -0.4 is 5.32 Å². The lowest BCUT2D eigenvalue weighted by molar-refractivity contribution is 0.318. The molecule has 4 atom stereocenters. The van der Waals surface area contributed by atoms with E-state index < -0.39 is 0 Å². The molecular formula is C17H25NO. The monoisotopic (exact) mass is 259 g/mol. The Morgan fingerprint density at radius 1 is 1.21 bits per heavy atom. The van der Waals surface area contributed by atoms with Crippen LogP contribution in [0.25, 0.3) is 0 Å². The van der Waals surface area contributed by atoms with Crippen LogP contribution in [-0.2, 0) is 6.42 Å². The largest absolute Gasteiger partial charge is 0.508 e. The minimum absolute atomic E-state index is 0.358. The number of phenolic OH excluding ortho intramolecular Hbond substituents is 1. The zero-order valence-corrected chi connectivity index (χ0v) is 11.8. The van der Waals surface area contributed by atoms with Crippen LogP contribution >= 0.6 is 0 Å². The van der Waals surface area contributed by atoms with Crippen molar-refractivity contribution < 1.29 is 5.11 Å². The van der Waals surface area contributed by atoms with Crippen molar-refractivity contribution in [1.82, 2.24) is 5.32 Å². The average molecular weight is 259 g/mol. The average Bonchev–Trinajstić information content (AvgIpc) is 3.00. The standard InChI is InChI=1S/C17H25NO/c1-12(2-3-13-5-8-16(19)9-6-13)18-17-11-14-4-7-15(17)10-14/h5-6,8-9,12,14-15,17-19H,2-4,7,10-11H2,1H3. The van der Waals surface area contributed by atoms with Crippen molar-refractivity contribution >= 4 is 0 Å². The van der Waals surface area contributed by atoms with Crippen LogP contribution in [0.5, 0.6) is 5.75 Å². The fraction of sp³-hybridized carbons (Fsp3) is 0.647. The molecule has 2 nitrogen and oxygen atoms in total. The van der Waals surface area contributed by atoms with E-state index in [2.05, 4.69) is 12.2 Å². The summed E-state index contributed by atoms with van der Waals surface area (Å²) in [4.78, 5) is 0.